The van der Waals surface area contributed by atoms with Crippen LogP contribution >= 0.6 is 0 Å². The van der Waals surface area contributed by atoms with E-state index in [1.807, 2.05) is 42.9 Å². The lowest BCUT2D eigenvalue weighted by molar-refractivity contribution is 1.33. The molecule has 0 amide bonds. The summed E-state index contributed by atoms with van der Waals surface area (Å²) < 4.78 is 0. The predicted octanol–water partition coefficient (Wildman–Crippen LogP) is 14.0. The molecule has 0 aliphatic rings. The van der Waals surface area contributed by atoms with E-state index in [9.17, 15) is 0 Å². The van der Waals surface area contributed by atoms with Gasteiger partial charge < -0.3 is 0 Å². The molecule has 12 aromatic rings. The highest BCUT2D eigenvalue weighted by atomic mass is 14.8. The smallest absolute Gasteiger partial charge is 0.0972 e. The maximum atomic E-state index is 5.32. The molecule has 0 saturated heterocycles. The van der Waals surface area contributed by atoms with Gasteiger partial charge in [0.1, 0.15) is 0 Å². The van der Waals surface area contributed by atoms with Crippen molar-refractivity contribution in [1.29, 1.82) is 0 Å². The average molecular weight is 737 g/mol. The number of hydrogen-bond acceptors (Lipinski definition) is 4. The average Bonchev–Trinajstić information content (AvgIpc) is 3.30. The number of rotatable bonds is 5. The summed E-state index contributed by atoms with van der Waals surface area (Å²) in [5.74, 6) is 0. The van der Waals surface area contributed by atoms with Crippen LogP contribution in [-0.4, -0.2) is 19.9 Å². The summed E-state index contributed by atoms with van der Waals surface area (Å²) in [5, 5.41) is 10.8. The quantitative estimate of drug-likeness (QED) is 0.165. The highest BCUT2D eigenvalue weighted by Gasteiger charge is 2.16. The van der Waals surface area contributed by atoms with E-state index in [0.29, 0.717) is 0 Å². The zero-order chi connectivity index (χ0) is 38.2. The van der Waals surface area contributed by atoms with E-state index in [1.54, 1.807) is 0 Å². The van der Waals surface area contributed by atoms with Crippen LogP contribution in [0.2, 0.25) is 0 Å². The molecule has 0 spiro atoms. The zero-order valence-electron chi connectivity index (χ0n) is 31.3. The zero-order valence-corrected chi connectivity index (χ0v) is 31.3. The van der Waals surface area contributed by atoms with Crippen LogP contribution in [0.5, 0.6) is 0 Å². The van der Waals surface area contributed by atoms with E-state index in [4.69, 9.17) is 9.97 Å². The Balaban J connectivity index is 0.962. The molecule has 268 valence electrons. The fourth-order valence-electron chi connectivity index (χ4n) is 8.93. The second-order valence-corrected chi connectivity index (χ2v) is 15.0. The Hall–Kier alpha value is -7.82. The third kappa shape index (κ3) is 5.16. The van der Waals surface area contributed by atoms with E-state index >= 15 is 0 Å². The first kappa shape index (κ1) is 32.4. The van der Waals surface area contributed by atoms with E-state index in [-0.39, 0.29) is 0 Å². The van der Waals surface area contributed by atoms with Crippen LogP contribution in [0.3, 0.4) is 0 Å². The predicted molar refractivity (Wildman–Crippen MR) is 241 cm³/mol. The van der Waals surface area contributed by atoms with E-state index in [1.165, 1.54) is 49.0 Å². The topological polar surface area (TPSA) is 51.6 Å². The molecular weight excluding hydrogens is 705 g/mol. The van der Waals surface area contributed by atoms with Gasteiger partial charge >= 0.3 is 0 Å². The molecule has 0 unspecified atom stereocenters. The number of fused-ring (bicyclic) bond motifs is 4. The molecule has 4 aromatic heterocycles. The Bertz CT molecular complexity index is 3550. The van der Waals surface area contributed by atoms with Crippen molar-refractivity contribution in [3.8, 4) is 55.9 Å². The van der Waals surface area contributed by atoms with Gasteiger partial charge in [-0.2, -0.15) is 0 Å². The van der Waals surface area contributed by atoms with Crippen molar-refractivity contribution < 1.29 is 0 Å². The standard InChI is InChI=1S/C54H32N4/c1-5-39(31-40(6-1)48-27-21-37-15-16-38-22-28-50(58-54(38)53(37)57-48)45-8-2-10-49-44(45)9-4-30-56-49)43-24-18-36-19-25-46-42(23-17-35-20-26-47(43)52(36)51(35)46)34-13-11-33(12-14-34)41-7-3-29-55-32-41/h1-32H. The molecule has 0 aliphatic carbocycles. The van der Waals surface area contributed by atoms with Gasteiger partial charge in [-0.05, 0) is 102 Å². The second kappa shape index (κ2) is 12.9. The van der Waals surface area contributed by atoms with Gasteiger partial charge in [-0.3, -0.25) is 9.97 Å². The number of aromatic nitrogens is 4. The molecule has 0 fully saturated rings. The van der Waals surface area contributed by atoms with Gasteiger partial charge in [0.25, 0.3) is 0 Å². The van der Waals surface area contributed by atoms with Crippen LogP contribution in [0.25, 0.3) is 121 Å². The number of hydrogen-bond donors (Lipinski definition) is 0. The molecule has 0 aliphatic heterocycles. The van der Waals surface area contributed by atoms with Crippen LogP contribution in [0.4, 0.5) is 0 Å². The van der Waals surface area contributed by atoms with Gasteiger partial charge in [-0.15, -0.1) is 0 Å². The lowest BCUT2D eigenvalue weighted by Gasteiger charge is -2.17. The molecular formula is C54H32N4. The Morgan fingerprint density at radius 1 is 0.328 bits per heavy atom. The normalized spacial score (nSPS) is 11.8. The van der Waals surface area contributed by atoms with Crippen molar-refractivity contribution in [2.24, 2.45) is 0 Å². The van der Waals surface area contributed by atoms with Gasteiger partial charge in [0, 0.05) is 45.9 Å². The molecule has 58 heavy (non-hydrogen) atoms. The molecule has 4 heterocycles. The Kier molecular flexibility index (Phi) is 7.20. The molecule has 0 atom stereocenters. The fourth-order valence-corrected chi connectivity index (χ4v) is 8.93. The monoisotopic (exact) mass is 736 g/mol. The third-order valence-corrected chi connectivity index (χ3v) is 11.8. The van der Waals surface area contributed by atoms with E-state index in [2.05, 4.69) is 162 Å². The van der Waals surface area contributed by atoms with Crippen molar-refractivity contribution in [3.63, 3.8) is 0 Å². The minimum absolute atomic E-state index is 0.893. The van der Waals surface area contributed by atoms with Gasteiger partial charge in [0.05, 0.1) is 27.9 Å². The molecule has 0 bridgehead atoms. The molecule has 0 N–H and O–H groups in total. The summed E-state index contributed by atoms with van der Waals surface area (Å²) in [4.78, 5) is 19.5. The number of benzene rings is 8. The minimum Gasteiger partial charge on any atom is -0.264 e. The molecule has 0 radical (unpaired) electrons. The van der Waals surface area contributed by atoms with Crippen LogP contribution in [0, 0.1) is 0 Å². The first-order valence-electron chi connectivity index (χ1n) is 19.6. The highest BCUT2D eigenvalue weighted by molar-refractivity contribution is 6.27. The van der Waals surface area contributed by atoms with E-state index < -0.39 is 0 Å². The van der Waals surface area contributed by atoms with Crippen molar-refractivity contribution in [2.45, 2.75) is 0 Å². The first-order valence-corrected chi connectivity index (χ1v) is 19.6. The van der Waals surface area contributed by atoms with Crippen molar-refractivity contribution in [1.82, 2.24) is 19.9 Å². The Labute approximate surface area is 334 Å². The van der Waals surface area contributed by atoms with Gasteiger partial charge in [-0.25, -0.2) is 9.97 Å². The van der Waals surface area contributed by atoms with E-state index in [0.717, 1.165) is 71.9 Å². The first-order chi connectivity index (χ1) is 28.7. The molecule has 4 heteroatoms. The SMILES string of the molecule is c1cncc(-c2ccc(-c3ccc4ccc5c(-c6cccc(-c7ccc8ccc9ccc(-c%10cccc%11ncccc%10%11)nc9c8n7)c6)ccc6ccc3c4c65)cc2)c1. The number of pyridine rings is 4. The molecule has 12 rings (SSSR count). The van der Waals surface area contributed by atoms with Crippen molar-refractivity contribution in [2.75, 3.05) is 0 Å². The van der Waals surface area contributed by atoms with Gasteiger partial charge in [-0.1, -0.05) is 140 Å². The van der Waals surface area contributed by atoms with Crippen molar-refractivity contribution in [3.05, 3.63) is 195 Å². The maximum Gasteiger partial charge on any atom is 0.0972 e. The Morgan fingerprint density at radius 2 is 0.914 bits per heavy atom. The van der Waals surface area contributed by atoms with Gasteiger partial charge in [0.15, 0.2) is 0 Å². The van der Waals surface area contributed by atoms with Gasteiger partial charge in [0.2, 0.25) is 0 Å². The summed E-state index contributed by atoms with van der Waals surface area (Å²) >= 11 is 0. The largest absolute Gasteiger partial charge is 0.264 e. The molecule has 4 nitrogen and oxygen atoms in total. The molecule has 8 aromatic carbocycles. The highest BCUT2D eigenvalue weighted by Crippen LogP contribution is 2.43. The lowest BCUT2D eigenvalue weighted by Crippen LogP contribution is -1.92. The Morgan fingerprint density at radius 3 is 1.66 bits per heavy atom. The minimum atomic E-state index is 0.893. The maximum absolute atomic E-state index is 5.32. The van der Waals surface area contributed by atoms with Crippen molar-refractivity contribution >= 4 is 65.0 Å². The van der Waals surface area contributed by atoms with Crippen LogP contribution in [-0.2, 0) is 0 Å². The summed E-state index contributed by atoms with van der Waals surface area (Å²) in [6.07, 6.45) is 5.56. The fraction of sp³-hybridized carbons (Fsp3) is 0. The molecule has 0 saturated carbocycles. The van der Waals surface area contributed by atoms with Crippen LogP contribution in [0.1, 0.15) is 0 Å². The third-order valence-electron chi connectivity index (χ3n) is 11.8. The summed E-state index contributed by atoms with van der Waals surface area (Å²) in [5.41, 5.74) is 13.8. The number of nitrogens with zero attached hydrogens (tertiary/aromatic N) is 4. The summed E-state index contributed by atoms with van der Waals surface area (Å²) in [6, 6.07) is 63.1. The second-order valence-electron chi connectivity index (χ2n) is 15.0. The summed E-state index contributed by atoms with van der Waals surface area (Å²) in [6.45, 7) is 0. The van der Waals surface area contributed by atoms with Crippen LogP contribution in [0.15, 0.2) is 195 Å². The summed E-state index contributed by atoms with van der Waals surface area (Å²) in [7, 11) is 0. The van der Waals surface area contributed by atoms with Crippen LogP contribution < -0.4 is 0 Å². The lowest BCUT2D eigenvalue weighted by atomic mass is 9.87.